The molecule has 2 atom stereocenters. The van der Waals surface area contributed by atoms with Crippen molar-refractivity contribution in [3.8, 4) is 17.0 Å². The topological polar surface area (TPSA) is 98.3 Å². The molecule has 3 rings (SSSR count). The second-order valence-electron chi connectivity index (χ2n) is 6.38. The fraction of sp³-hybridized carbons (Fsp3) is 0.316. The SMILES string of the molecule is CCC(C)C([NH3+])C(=O)Oc1ccc2c(=O)c(-c3csc(C)[nH+]3)coc2c1. The predicted octanol–water partition coefficient (Wildman–Crippen LogP) is 2.21. The third-order valence-electron chi connectivity index (χ3n) is 4.55. The summed E-state index contributed by atoms with van der Waals surface area (Å²) in [5, 5.41) is 3.32. The number of hydrogen-bond acceptors (Lipinski definition) is 5. The molecule has 0 aliphatic heterocycles. The van der Waals surface area contributed by atoms with Gasteiger partial charge >= 0.3 is 5.97 Å². The van der Waals surface area contributed by atoms with E-state index in [2.05, 4.69) is 10.7 Å². The normalized spacial score (nSPS) is 13.5. The number of aryl methyl sites for hydroxylation is 1. The van der Waals surface area contributed by atoms with Crippen molar-refractivity contribution in [1.29, 1.82) is 0 Å². The number of nitrogens with one attached hydrogen (secondary N) is 1. The highest BCUT2D eigenvalue weighted by molar-refractivity contribution is 7.09. The standard InChI is InChI=1S/C19H20N2O4S/c1-4-10(2)17(20)19(23)25-12-5-6-13-16(7-12)24-8-14(18(13)22)15-9-26-11(3)21-15/h5-10,17H,4,20H2,1-3H3/p+2. The molecule has 0 radical (unpaired) electrons. The van der Waals surface area contributed by atoms with Crippen LogP contribution in [-0.4, -0.2) is 12.0 Å². The summed E-state index contributed by atoms with van der Waals surface area (Å²) in [6.07, 6.45) is 2.27. The summed E-state index contributed by atoms with van der Waals surface area (Å²) in [5.74, 6) is 0.0862. The average Bonchev–Trinajstić information content (AvgIpc) is 3.06. The van der Waals surface area contributed by atoms with Crippen molar-refractivity contribution in [3.05, 3.63) is 45.1 Å². The second-order valence-corrected chi connectivity index (χ2v) is 7.46. The van der Waals surface area contributed by atoms with Gasteiger partial charge in [0.25, 0.3) is 0 Å². The first-order chi connectivity index (χ1) is 12.4. The first-order valence-corrected chi connectivity index (χ1v) is 9.36. The van der Waals surface area contributed by atoms with Gasteiger partial charge in [-0.2, -0.15) is 4.98 Å². The van der Waals surface area contributed by atoms with Crippen molar-refractivity contribution in [2.45, 2.75) is 33.2 Å². The summed E-state index contributed by atoms with van der Waals surface area (Å²) >= 11 is 1.53. The number of esters is 1. The fourth-order valence-electron chi connectivity index (χ4n) is 2.59. The van der Waals surface area contributed by atoms with E-state index in [-0.39, 0.29) is 17.3 Å². The Morgan fingerprint density at radius 2 is 2.19 bits per heavy atom. The molecule has 0 aliphatic carbocycles. The summed E-state index contributed by atoms with van der Waals surface area (Å²) in [5.41, 5.74) is 5.32. The number of aromatic amines is 1. The Labute approximate surface area is 154 Å². The van der Waals surface area contributed by atoms with Gasteiger partial charge in [-0.05, 0) is 18.6 Å². The molecule has 136 valence electrons. The van der Waals surface area contributed by atoms with Gasteiger partial charge in [-0.25, -0.2) is 4.79 Å². The van der Waals surface area contributed by atoms with Crippen LogP contribution in [0.5, 0.6) is 5.75 Å². The largest absolute Gasteiger partial charge is 0.463 e. The van der Waals surface area contributed by atoms with E-state index < -0.39 is 6.04 Å². The van der Waals surface area contributed by atoms with Crippen LogP contribution in [0.3, 0.4) is 0 Å². The van der Waals surface area contributed by atoms with E-state index in [0.717, 1.165) is 17.1 Å². The monoisotopic (exact) mass is 374 g/mol. The van der Waals surface area contributed by atoms with Crippen molar-refractivity contribution in [1.82, 2.24) is 0 Å². The van der Waals surface area contributed by atoms with Crippen LogP contribution in [-0.2, 0) is 4.79 Å². The Morgan fingerprint density at radius 3 is 2.85 bits per heavy atom. The Bertz CT molecular complexity index is 1010. The quantitative estimate of drug-likeness (QED) is 0.547. The number of carbonyl (C=O) groups is 1. The van der Waals surface area contributed by atoms with Gasteiger partial charge in [-0.15, -0.1) is 0 Å². The molecule has 26 heavy (non-hydrogen) atoms. The fourth-order valence-corrected chi connectivity index (χ4v) is 3.24. The van der Waals surface area contributed by atoms with Crippen LogP contribution in [0, 0.1) is 12.8 Å². The van der Waals surface area contributed by atoms with Gasteiger partial charge in [-0.3, -0.25) is 4.79 Å². The van der Waals surface area contributed by atoms with Crippen molar-refractivity contribution in [2.75, 3.05) is 0 Å². The van der Waals surface area contributed by atoms with Crippen molar-refractivity contribution in [2.24, 2.45) is 5.92 Å². The van der Waals surface area contributed by atoms with Crippen molar-refractivity contribution < 1.29 is 24.7 Å². The summed E-state index contributed by atoms with van der Waals surface area (Å²) in [6.45, 7) is 5.90. The predicted molar refractivity (Wildman–Crippen MR) is 98.9 cm³/mol. The lowest BCUT2D eigenvalue weighted by molar-refractivity contribution is -0.418. The van der Waals surface area contributed by atoms with E-state index in [4.69, 9.17) is 9.15 Å². The minimum absolute atomic E-state index is 0.132. The Balaban J connectivity index is 1.91. The smallest absolute Gasteiger partial charge is 0.370 e. The van der Waals surface area contributed by atoms with E-state index in [1.807, 2.05) is 26.2 Å². The number of ether oxygens (including phenoxy) is 1. The maximum atomic E-state index is 12.7. The molecule has 0 aliphatic rings. The number of quaternary nitrogens is 1. The second kappa shape index (κ2) is 7.39. The minimum atomic E-state index is -0.442. The molecule has 1 aromatic carbocycles. The van der Waals surface area contributed by atoms with Gasteiger partial charge in [0.1, 0.15) is 23.2 Å². The van der Waals surface area contributed by atoms with E-state index in [1.54, 1.807) is 18.2 Å². The van der Waals surface area contributed by atoms with Crippen molar-refractivity contribution in [3.63, 3.8) is 0 Å². The molecule has 0 fully saturated rings. The molecular formula is C19H22N2O4S+2. The zero-order valence-electron chi connectivity index (χ0n) is 15.0. The molecule has 2 unspecified atom stereocenters. The molecule has 4 N–H and O–H groups in total. The van der Waals surface area contributed by atoms with E-state index >= 15 is 0 Å². The number of aromatic nitrogens is 1. The number of thiazole rings is 1. The minimum Gasteiger partial charge on any atom is -0.463 e. The summed E-state index contributed by atoms with van der Waals surface area (Å²) in [6, 6.07) is 4.34. The summed E-state index contributed by atoms with van der Waals surface area (Å²) in [7, 11) is 0. The lowest BCUT2D eigenvalue weighted by Gasteiger charge is -2.13. The number of rotatable bonds is 5. The zero-order chi connectivity index (χ0) is 18.8. The lowest BCUT2D eigenvalue weighted by atomic mass is 10.0. The average molecular weight is 374 g/mol. The van der Waals surface area contributed by atoms with Crippen LogP contribution in [0.2, 0.25) is 0 Å². The third-order valence-corrected chi connectivity index (χ3v) is 5.36. The first kappa shape index (κ1) is 18.3. The van der Waals surface area contributed by atoms with Crippen molar-refractivity contribution >= 4 is 28.3 Å². The van der Waals surface area contributed by atoms with Crippen LogP contribution in [0.15, 0.2) is 39.1 Å². The highest BCUT2D eigenvalue weighted by atomic mass is 32.1. The maximum Gasteiger partial charge on any atom is 0.370 e. The van der Waals surface area contributed by atoms with E-state index in [9.17, 15) is 9.59 Å². The maximum absolute atomic E-state index is 12.7. The molecule has 2 aromatic heterocycles. The van der Waals surface area contributed by atoms with Crippen LogP contribution in [0.1, 0.15) is 25.3 Å². The first-order valence-electron chi connectivity index (χ1n) is 8.48. The van der Waals surface area contributed by atoms with Crippen LogP contribution < -0.4 is 20.9 Å². The molecule has 7 heteroatoms. The number of carbonyl (C=O) groups excluding carboxylic acids is 1. The molecule has 0 bridgehead atoms. The summed E-state index contributed by atoms with van der Waals surface area (Å²) < 4.78 is 11.0. The summed E-state index contributed by atoms with van der Waals surface area (Å²) in [4.78, 5) is 28.0. The molecule has 0 spiro atoms. The van der Waals surface area contributed by atoms with Crippen LogP contribution in [0.4, 0.5) is 0 Å². The Hall–Kier alpha value is -2.51. The van der Waals surface area contributed by atoms with E-state index in [1.165, 1.54) is 17.6 Å². The van der Waals surface area contributed by atoms with Gasteiger partial charge < -0.3 is 14.9 Å². The Kier molecular flexibility index (Phi) is 5.20. The highest BCUT2D eigenvalue weighted by Gasteiger charge is 2.25. The van der Waals surface area contributed by atoms with Gasteiger partial charge in [0.2, 0.25) is 16.1 Å². The zero-order valence-corrected chi connectivity index (χ0v) is 15.8. The van der Waals surface area contributed by atoms with Gasteiger partial charge in [0, 0.05) is 18.9 Å². The Morgan fingerprint density at radius 1 is 1.42 bits per heavy atom. The lowest BCUT2D eigenvalue weighted by Crippen LogP contribution is -2.68. The third kappa shape index (κ3) is 3.54. The molecule has 6 nitrogen and oxygen atoms in total. The van der Waals surface area contributed by atoms with Gasteiger partial charge in [0.05, 0.1) is 10.8 Å². The molecular weight excluding hydrogens is 352 g/mol. The van der Waals surface area contributed by atoms with Crippen LogP contribution >= 0.6 is 11.3 Å². The molecule has 0 saturated carbocycles. The number of fused-ring (bicyclic) bond motifs is 1. The molecule has 2 heterocycles. The molecule has 0 saturated heterocycles. The number of hydrogen-bond donors (Lipinski definition) is 1. The van der Waals surface area contributed by atoms with Gasteiger partial charge in [-0.1, -0.05) is 25.2 Å². The molecule has 3 aromatic rings. The van der Waals surface area contributed by atoms with Gasteiger partial charge in [0.15, 0.2) is 6.04 Å². The number of H-pyrrole nitrogens is 1. The number of benzene rings is 1. The van der Waals surface area contributed by atoms with Crippen LogP contribution in [0.25, 0.3) is 22.2 Å². The van der Waals surface area contributed by atoms with E-state index in [0.29, 0.717) is 22.3 Å². The molecule has 0 amide bonds. The highest BCUT2D eigenvalue weighted by Crippen LogP contribution is 2.23.